The van der Waals surface area contributed by atoms with Gasteiger partial charge in [0, 0.05) is 36.0 Å². The number of anilines is 1. The van der Waals surface area contributed by atoms with Crippen molar-refractivity contribution in [2.75, 3.05) is 31.2 Å². The van der Waals surface area contributed by atoms with E-state index in [1.165, 1.54) is 0 Å². The van der Waals surface area contributed by atoms with Crippen LogP contribution in [0, 0.1) is 0 Å². The number of hydrogen-bond donors (Lipinski definition) is 0. The first-order valence-corrected chi connectivity index (χ1v) is 11.3. The Morgan fingerprint density at radius 3 is 2.52 bits per heavy atom. The molecule has 5 heteroatoms. The first-order valence-electron chi connectivity index (χ1n) is 11.3. The van der Waals surface area contributed by atoms with Gasteiger partial charge in [0.25, 0.3) is 0 Å². The molecule has 0 aliphatic carbocycles. The van der Waals surface area contributed by atoms with Gasteiger partial charge in [-0.3, -0.25) is 0 Å². The van der Waals surface area contributed by atoms with Gasteiger partial charge in [0.1, 0.15) is 11.5 Å². The summed E-state index contributed by atoms with van der Waals surface area (Å²) in [7, 11) is 0. The molecular formula is C28H21NO4. The maximum atomic E-state index is 13.1. The second-order valence-corrected chi connectivity index (χ2v) is 8.66. The van der Waals surface area contributed by atoms with Crippen molar-refractivity contribution in [1.29, 1.82) is 0 Å². The Balaban J connectivity index is 1.53. The predicted molar refractivity (Wildman–Crippen MR) is 125 cm³/mol. The van der Waals surface area contributed by atoms with Gasteiger partial charge < -0.3 is 19.1 Å². The molecule has 3 heterocycles. The molecule has 1 spiro atoms. The number of ether oxygens (including phenoxy) is 3. The molecule has 0 aromatic heterocycles. The van der Waals surface area contributed by atoms with Crippen LogP contribution in [0.1, 0.15) is 27.0 Å². The van der Waals surface area contributed by atoms with Crippen LogP contribution < -0.4 is 9.64 Å². The molecule has 5 nitrogen and oxygen atoms in total. The number of fused-ring (bicyclic) bond motifs is 8. The van der Waals surface area contributed by atoms with Gasteiger partial charge in [0.2, 0.25) is 0 Å². The summed E-state index contributed by atoms with van der Waals surface area (Å²) in [4.78, 5) is 15.4. The number of morpholine rings is 1. The molecule has 4 aromatic rings. The Labute approximate surface area is 191 Å². The summed E-state index contributed by atoms with van der Waals surface area (Å²) in [6.45, 7) is 3.09. The van der Waals surface area contributed by atoms with Gasteiger partial charge in [-0.05, 0) is 35.0 Å². The Bertz CT molecular complexity index is 1440. The third kappa shape index (κ3) is 2.54. The highest BCUT2D eigenvalue weighted by molar-refractivity contribution is 6.00. The molecule has 1 fully saturated rings. The number of carbonyl (C=O) groups is 1. The number of carbonyl (C=O) groups excluding carboxylic acids is 1. The minimum Gasteiger partial charge on any atom is -0.456 e. The Morgan fingerprint density at radius 2 is 1.61 bits per heavy atom. The number of esters is 1. The summed E-state index contributed by atoms with van der Waals surface area (Å²) in [6, 6.07) is 26.1. The van der Waals surface area contributed by atoms with Crippen molar-refractivity contribution < 1.29 is 19.0 Å². The number of nitrogens with zero attached hydrogens (tertiary/aromatic N) is 1. The lowest BCUT2D eigenvalue weighted by Crippen LogP contribution is -2.37. The average molecular weight is 435 g/mol. The van der Waals surface area contributed by atoms with Crippen LogP contribution in [-0.4, -0.2) is 32.3 Å². The largest absolute Gasteiger partial charge is 0.456 e. The van der Waals surface area contributed by atoms with E-state index in [1.54, 1.807) is 0 Å². The SMILES string of the molecule is O=C1OC2(c3ccc(N4CCOCC4)cc3Oc3ccc4ccccc4c32)c2ccccc21. The van der Waals surface area contributed by atoms with Gasteiger partial charge in [0.05, 0.1) is 24.3 Å². The lowest BCUT2D eigenvalue weighted by atomic mass is 9.76. The summed E-state index contributed by atoms with van der Waals surface area (Å²) in [5.74, 6) is 1.12. The normalized spacial score (nSPS) is 20.7. The number of hydrogen-bond acceptors (Lipinski definition) is 5. The smallest absolute Gasteiger partial charge is 0.340 e. The monoisotopic (exact) mass is 435 g/mol. The van der Waals surface area contributed by atoms with Crippen LogP contribution in [0.5, 0.6) is 11.5 Å². The van der Waals surface area contributed by atoms with E-state index in [9.17, 15) is 4.79 Å². The van der Waals surface area contributed by atoms with Gasteiger partial charge >= 0.3 is 5.97 Å². The van der Waals surface area contributed by atoms with Crippen LogP contribution in [0.2, 0.25) is 0 Å². The second-order valence-electron chi connectivity index (χ2n) is 8.66. The third-order valence-electron chi connectivity index (χ3n) is 6.96. The van der Waals surface area contributed by atoms with E-state index >= 15 is 0 Å². The maximum Gasteiger partial charge on any atom is 0.340 e. The van der Waals surface area contributed by atoms with Crippen LogP contribution in [0.4, 0.5) is 5.69 Å². The molecule has 0 bridgehead atoms. The molecule has 33 heavy (non-hydrogen) atoms. The summed E-state index contributed by atoms with van der Waals surface area (Å²) >= 11 is 0. The first kappa shape index (κ1) is 18.7. The van der Waals surface area contributed by atoms with Crippen LogP contribution in [-0.2, 0) is 15.1 Å². The molecule has 4 aromatic carbocycles. The van der Waals surface area contributed by atoms with Gasteiger partial charge in [-0.2, -0.15) is 0 Å². The van der Waals surface area contributed by atoms with Gasteiger partial charge in [-0.15, -0.1) is 0 Å². The van der Waals surface area contributed by atoms with Crippen molar-refractivity contribution >= 4 is 22.4 Å². The zero-order valence-corrected chi connectivity index (χ0v) is 17.9. The fraction of sp³-hybridized carbons (Fsp3) is 0.179. The Kier molecular flexibility index (Phi) is 3.87. The van der Waals surface area contributed by atoms with Crippen molar-refractivity contribution in [2.24, 2.45) is 0 Å². The van der Waals surface area contributed by atoms with E-state index in [1.807, 2.05) is 42.5 Å². The minimum absolute atomic E-state index is 0.311. The van der Waals surface area contributed by atoms with Crippen LogP contribution in [0.15, 0.2) is 78.9 Å². The Morgan fingerprint density at radius 1 is 0.788 bits per heavy atom. The van der Waals surface area contributed by atoms with Crippen molar-refractivity contribution in [3.8, 4) is 11.5 Å². The van der Waals surface area contributed by atoms with Crippen molar-refractivity contribution in [3.63, 3.8) is 0 Å². The zero-order chi connectivity index (χ0) is 22.0. The fourth-order valence-electron chi connectivity index (χ4n) is 5.46. The standard InChI is InChI=1S/C28H21NO4/c30-27-21-7-3-4-8-22(21)28(33-27)23-11-10-19(29-13-15-31-16-14-29)17-25(23)32-24-12-9-18-5-1-2-6-20(18)26(24)28/h1-12,17H,13-16H2. The lowest BCUT2D eigenvalue weighted by Gasteiger charge is -2.38. The van der Waals surface area contributed by atoms with E-state index in [0.29, 0.717) is 30.3 Å². The zero-order valence-electron chi connectivity index (χ0n) is 17.9. The van der Waals surface area contributed by atoms with Gasteiger partial charge in [-0.1, -0.05) is 48.5 Å². The highest BCUT2D eigenvalue weighted by Gasteiger charge is 2.54. The van der Waals surface area contributed by atoms with Crippen molar-refractivity contribution in [3.05, 3.63) is 101 Å². The van der Waals surface area contributed by atoms with E-state index in [0.717, 1.165) is 46.2 Å². The van der Waals surface area contributed by atoms with Crippen molar-refractivity contribution in [2.45, 2.75) is 5.60 Å². The Hall–Kier alpha value is -3.83. The first-order chi connectivity index (χ1) is 16.3. The molecule has 0 radical (unpaired) electrons. The van der Waals surface area contributed by atoms with Crippen LogP contribution in [0.3, 0.4) is 0 Å². The van der Waals surface area contributed by atoms with Gasteiger partial charge in [-0.25, -0.2) is 4.79 Å². The molecule has 0 amide bonds. The van der Waals surface area contributed by atoms with E-state index in [-0.39, 0.29) is 5.97 Å². The third-order valence-corrected chi connectivity index (χ3v) is 6.96. The van der Waals surface area contributed by atoms with E-state index in [2.05, 4.69) is 41.3 Å². The topological polar surface area (TPSA) is 48.0 Å². The summed E-state index contributed by atoms with van der Waals surface area (Å²) in [5, 5.41) is 2.09. The van der Waals surface area contributed by atoms with Gasteiger partial charge in [0.15, 0.2) is 5.60 Å². The molecular weight excluding hydrogens is 414 g/mol. The van der Waals surface area contributed by atoms with E-state index in [4.69, 9.17) is 14.2 Å². The summed E-state index contributed by atoms with van der Waals surface area (Å²) in [5.41, 5.74) is 3.21. The average Bonchev–Trinajstić information content (AvgIpc) is 3.17. The fourth-order valence-corrected chi connectivity index (χ4v) is 5.46. The quantitative estimate of drug-likeness (QED) is 0.383. The van der Waals surface area contributed by atoms with E-state index < -0.39 is 5.60 Å². The van der Waals surface area contributed by atoms with Crippen molar-refractivity contribution in [1.82, 2.24) is 0 Å². The molecule has 162 valence electrons. The molecule has 7 rings (SSSR count). The molecule has 1 unspecified atom stereocenters. The maximum absolute atomic E-state index is 13.1. The summed E-state index contributed by atoms with van der Waals surface area (Å²) in [6.07, 6.45) is 0. The second kappa shape index (κ2) is 6.83. The summed E-state index contributed by atoms with van der Waals surface area (Å²) < 4.78 is 18.4. The molecule has 0 N–H and O–H groups in total. The van der Waals surface area contributed by atoms with Crippen LogP contribution >= 0.6 is 0 Å². The number of rotatable bonds is 1. The molecule has 3 aliphatic rings. The highest BCUT2D eigenvalue weighted by atomic mass is 16.6. The highest BCUT2D eigenvalue weighted by Crippen LogP contribution is 2.58. The molecule has 3 aliphatic heterocycles. The lowest BCUT2D eigenvalue weighted by molar-refractivity contribution is 0.0229. The molecule has 1 saturated heterocycles. The minimum atomic E-state index is -1.05. The predicted octanol–water partition coefficient (Wildman–Crippen LogP) is 5.24. The number of benzene rings is 4. The molecule has 0 saturated carbocycles. The van der Waals surface area contributed by atoms with Crippen LogP contribution in [0.25, 0.3) is 10.8 Å². The molecule has 1 atom stereocenters.